The first-order chi connectivity index (χ1) is 12.2. The maximum Gasteiger partial charge on any atom is 0.243 e. The molecule has 0 fully saturated rings. The van der Waals surface area contributed by atoms with Gasteiger partial charge in [0.25, 0.3) is 0 Å². The molecular weight excluding hydrogens is 312 g/mol. The second kappa shape index (κ2) is 7.45. The third kappa shape index (κ3) is 3.93. The molecule has 0 saturated heterocycles. The quantitative estimate of drug-likeness (QED) is 0.440. The van der Waals surface area contributed by atoms with Gasteiger partial charge in [-0.25, -0.2) is 15.4 Å². The van der Waals surface area contributed by atoms with Crippen LogP contribution in [-0.4, -0.2) is 22.8 Å². The number of benzene rings is 2. The van der Waals surface area contributed by atoms with Gasteiger partial charge in [0.15, 0.2) is 0 Å². The van der Waals surface area contributed by atoms with Crippen molar-refractivity contribution >= 4 is 22.9 Å². The first kappa shape index (κ1) is 16.5. The first-order valence-corrected chi connectivity index (χ1v) is 7.87. The maximum absolute atomic E-state index is 5.65. The summed E-state index contributed by atoms with van der Waals surface area (Å²) in [6, 6.07) is 13.8. The van der Waals surface area contributed by atoms with E-state index in [1.807, 2.05) is 56.3 Å². The summed E-state index contributed by atoms with van der Waals surface area (Å²) in [6.45, 7) is 4.03. The third-order valence-electron chi connectivity index (χ3n) is 3.58. The summed E-state index contributed by atoms with van der Waals surface area (Å²) in [4.78, 5) is 8.61. The average molecular weight is 330 g/mol. The fraction of sp³-hybridized carbons (Fsp3) is 0.150. The van der Waals surface area contributed by atoms with E-state index in [1.165, 1.54) is 0 Å². The molecule has 3 aromatic rings. The molecule has 0 bridgehead atoms. The maximum atomic E-state index is 5.65. The molecule has 1 aromatic heterocycles. The number of hydrogen-bond acceptors (Lipinski definition) is 5. The van der Waals surface area contributed by atoms with Gasteiger partial charge in [0.05, 0.1) is 6.21 Å². The molecule has 2 aromatic carbocycles. The van der Waals surface area contributed by atoms with Crippen molar-refractivity contribution in [3.63, 3.8) is 0 Å². The number of aryl methyl sites for hydroxylation is 2. The van der Waals surface area contributed by atoms with E-state index < -0.39 is 0 Å². The highest BCUT2D eigenvalue weighted by Gasteiger charge is 2.07. The molecule has 0 saturated carbocycles. The minimum absolute atomic E-state index is 0.201. The zero-order chi connectivity index (χ0) is 17.6. The molecule has 0 amide bonds. The number of rotatable bonds is 5. The Hall–Kier alpha value is -3.39. The Morgan fingerprint density at radius 3 is 2.68 bits per heavy atom. The van der Waals surface area contributed by atoms with Crippen molar-refractivity contribution in [3.05, 3.63) is 59.4 Å². The molecule has 5 heteroatoms. The highest BCUT2D eigenvalue weighted by atomic mass is 16.5. The molecule has 5 nitrogen and oxygen atoms in total. The normalized spacial score (nSPS) is 10.8. The van der Waals surface area contributed by atoms with Crippen LogP contribution in [0.1, 0.15) is 17.0 Å². The zero-order valence-corrected chi connectivity index (χ0v) is 14.2. The van der Waals surface area contributed by atoms with Gasteiger partial charge in [0.1, 0.15) is 12.4 Å². The molecule has 3 rings (SSSR count). The second-order valence-electron chi connectivity index (χ2n) is 5.54. The molecule has 0 unspecified atom stereocenters. The topological polar surface area (TPSA) is 59.4 Å². The van der Waals surface area contributed by atoms with Crippen LogP contribution < -0.4 is 10.2 Å². The van der Waals surface area contributed by atoms with E-state index in [1.54, 1.807) is 6.21 Å². The molecule has 0 aliphatic rings. The van der Waals surface area contributed by atoms with Gasteiger partial charge in [-0.15, -0.1) is 6.42 Å². The number of hydrazone groups is 1. The summed E-state index contributed by atoms with van der Waals surface area (Å²) in [5.41, 5.74) is 5.49. The number of terminal acetylenes is 1. The Kier molecular flexibility index (Phi) is 4.91. The minimum Gasteiger partial charge on any atom is -0.480 e. The fourth-order valence-electron chi connectivity index (χ4n) is 2.58. The highest BCUT2D eigenvalue weighted by molar-refractivity contribution is 6.02. The predicted octanol–water partition coefficient (Wildman–Crippen LogP) is 3.70. The SMILES string of the molecule is C#CCOc1ccc2ccccc2c1/C=N\Nc1nc(C)cc(C)n1. The van der Waals surface area contributed by atoms with Gasteiger partial charge in [0.2, 0.25) is 5.95 Å². The van der Waals surface area contributed by atoms with E-state index in [0.29, 0.717) is 11.7 Å². The van der Waals surface area contributed by atoms with Crippen LogP contribution in [0.2, 0.25) is 0 Å². The van der Waals surface area contributed by atoms with Crippen LogP contribution in [0, 0.1) is 26.2 Å². The Morgan fingerprint density at radius 1 is 1.16 bits per heavy atom. The summed E-state index contributed by atoms with van der Waals surface area (Å²) in [5.74, 6) is 3.63. The smallest absolute Gasteiger partial charge is 0.243 e. The molecule has 124 valence electrons. The molecule has 0 aliphatic heterocycles. The highest BCUT2D eigenvalue weighted by Crippen LogP contribution is 2.26. The molecule has 0 atom stereocenters. The number of ether oxygens (including phenoxy) is 1. The molecule has 0 spiro atoms. The van der Waals surface area contributed by atoms with Crippen molar-refractivity contribution in [2.24, 2.45) is 5.10 Å². The number of aromatic nitrogens is 2. The van der Waals surface area contributed by atoms with E-state index in [4.69, 9.17) is 11.2 Å². The standard InChI is InChI=1S/C20H18N4O/c1-4-11-25-19-10-9-16-7-5-6-8-17(16)18(19)13-21-24-20-22-14(2)12-15(3)23-20/h1,5-10,12-13H,11H2,2-3H3,(H,22,23,24)/b21-13-. The van der Waals surface area contributed by atoms with E-state index in [-0.39, 0.29) is 6.61 Å². The van der Waals surface area contributed by atoms with Crippen molar-refractivity contribution in [1.82, 2.24) is 9.97 Å². The van der Waals surface area contributed by atoms with Gasteiger partial charge < -0.3 is 4.74 Å². The van der Waals surface area contributed by atoms with Gasteiger partial charge in [0, 0.05) is 17.0 Å². The van der Waals surface area contributed by atoms with E-state index >= 15 is 0 Å². The Morgan fingerprint density at radius 2 is 1.92 bits per heavy atom. The molecule has 1 heterocycles. The third-order valence-corrected chi connectivity index (χ3v) is 3.58. The van der Waals surface area contributed by atoms with Crippen molar-refractivity contribution < 1.29 is 4.74 Å². The largest absolute Gasteiger partial charge is 0.480 e. The van der Waals surface area contributed by atoms with Gasteiger partial charge in [-0.1, -0.05) is 36.3 Å². The van der Waals surface area contributed by atoms with Crippen molar-refractivity contribution in [2.45, 2.75) is 13.8 Å². The lowest BCUT2D eigenvalue weighted by Crippen LogP contribution is -2.02. The van der Waals surface area contributed by atoms with E-state index in [2.05, 4.69) is 26.4 Å². The number of nitrogens with one attached hydrogen (secondary N) is 1. The van der Waals surface area contributed by atoms with Crippen LogP contribution in [0.25, 0.3) is 10.8 Å². The van der Waals surface area contributed by atoms with Gasteiger partial charge in [-0.05, 0) is 36.8 Å². The van der Waals surface area contributed by atoms with Crippen LogP contribution in [0.5, 0.6) is 5.75 Å². The monoisotopic (exact) mass is 330 g/mol. The summed E-state index contributed by atoms with van der Waals surface area (Å²) < 4.78 is 5.65. The average Bonchev–Trinajstić information content (AvgIpc) is 2.60. The predicted molar refractivity (Wildman–Crippen MR) is 101 cm³/mol. The minimum atomic E-state index is 0.201. The van der Waals surface area contributed by atoms with E-state index in [9.17, 15) is 0 Å². The number of anilines is 1. The molecule has 1 N–H and O–H groups in total. The summed E-state index contributed by atoms with van der Waals surface area (Å²) in [6.07, 6.45) is 7.01. The molecular formula is C20H18N4O. The number of fused-ring (bicyclic) bond motifs is 1. The van der Waals surface area contributed by atoms with Crippen LogP contribution in [0.4, 0.5) is 5.95 Å². The summed E-state index contributed by atoms with van der Waals surface area (Å²) in [7, 11) is 0. The first-order valence-electron chi connectivity index (χ1n) is 7.87. The van der Waals surface area contributed by atoms with Crippen LogP contribution in [0.15, 0.2) is 47.6 Å². The van der Waals surface area contributed by atoms with Gasteiger partial charge in [-0.2, -0.15) is 5.10 Å². The van der Waals surface area contributed by atoms with Crippen molar-refractivity contribution in [1.29, 1.82) is 0 Å². The van der Waals surface area contributed by atoms with E-state index in [0.717, 1.165) is 27.7 Å². The van der Waals surface area contributed by atoms with Crippen LogP contribution >= 0.6 is 0 Å². The Balaban J connectivity index is 1.94. The van der Waals surface area contributed by atoms with Crippen LogP contribution in [0.3, 0.4) is 0 Å². The molecule has 0 aliphatic carbocycles. The Bertz CT molecular complexity index is 953. The van der Waals surface area contributed by atoms with Crippen molar-refractivity contribution in [2.75, 3.05) is 12.0 Å². The number of nitrogens with zero attached hydrogens (tertiary/aromatic N) is 3. The zero-order valence-electron chi connectivity index (χ0n) is 14.2. The lowest BCUT2D eigenvalue weighted by Gasteiger charge is -2.10. The second-order valence-corrected chi connectivity index (χ2v) is 5.54. The summed E-state index contributed by atoms with van der Waals surface area (Å²) in [5, 5.41) is 6.41. The lowest BCUT2D eigenvalue weighted by atomic mass is 10.0. The van der Waals surface area contributed by atoms with Crippen molar-refractivity contribution in [3.8, 4) is 18.1 Å². The fourth-order valence-corrected chi connectivity index (χ4v) is 2.58. The number of hydrogen-bond donors (Lipinski definition) is 1. The van der Waals surface area contributed by atoms with Crippen LogP contribution in [-0.2, 0) is 0 Å². The van der Waals surface area contributed by atoms with Gasteiger partial charge >= 0.3 is 0 Å². The summed E-state index contributed by atoms with van der Waals surface area (Å²) >= 11 is 0. The molecule has 0 radical (unpaired) electrons. The molecule has 25 heavy (non-hydrogen) atoms. The lowest BCUT2D eigenvalue weighted by molar-refractivity contribution is 0.370. The Labute approximate surface area is 146 Å². The van der Waals surface area contributed by atoms with Gasteiger partial charge in [-0.3, -0.25) is 0 Å².